The molecule has 5 nitrogen and oxygen atoms in total. The predicted molar refractivity (Wildman–Crippen MR) is 66.1 cm³/mol. The molecule has 17 heavy (non-hydrogen) atoms. The third kappa shape index (κ3) is 3.26. The second-order valence-electron chi connectivity index (χ2n) is 4.35. The maximum atomic E-state index is 12.0. The van der Waals surface area contributed by atoms with E-state index in [1.54, 1.807) is 17.3 Å². The molecule has 1 heterocycles. The second kappa shape index (κ2) is 4.83. The minimum absolute atomic E-state index is 0.0789. The summed E-state index contributed by atoms with van der Waals surface area (Å²) in [5.41, 5.74) is 0.405. The van der Waals surface area contributed by atoms with Crippen LogP contribution in [0.2, 0.25) is 0 Å². The van der Waals surface area contributed by atoms with Gasteiger partial charge in [0, 0.05) is 25.9 Å². The van der Waals surface area contributed by atoms with E-state index in [1.807, 2.05) is 0 Å². The van der Waals surface area contributed by atoms with Crippen LogP contribution in [0.15, 0.2) is 5.38 Å². The van der Waals surface area contributed by atoms with Gasteiger partial charge >= 0.3 is 0 Å². The van der Waals surface area contributed by atoms with Crippen molar-refractivity contribution in [3.05, 3.63) is 11.1 Å². The molecule has 0 atom stereocenters. The van der Waals surface area contributed by atoms with Gasteiger partial charge in [0.2, 0.25) is 5.91 Å². The van der Waals surface area contributed by atoms with E-state index in [1.165, 1.54) is 31.1 Å². The molecular formula is C11H15N3O2S. The molecule has 0 aromatic carbocycles. The van der Waals surface area contributed by atoms with E-state index in [0.717, 1.165) is 6.54 Å². The Balaban J connectivity index is 1.97. The zero-order valence-corrected chi connectivity index (χ0v) is 10.7. The lowest BCUT2D eigenvalue weighted by Gasteiger charge is -2.14. The highest BCUT2D eigenvalue weighted by atomic mass is 32.1. The Kier molecular flexibility index (Phi) is 3.42. The van der Waals surface area contributed by atoms with Crippen molar-refractivity contribution in [3.63, 3.8) is 0 Å². The summed E-state index contributed by atoms with van der Waals surface area (Å²) in [6.45, 7) is 2.22. The Hall–Kier alpha value is -1.43. The van der Waals surface area contributed by atoms with Gasteiger partial charge in [-0.3, -0.25) is 9.59 Å². The lowest BCUT2D eigenvalue weighted by Crippen LogP contribution is -2.29. The first kappa shape index (κ1) is 12.0. The SMILES string of the molecule is CC(=O)Nc1nc(C(=O)N(C)CC2CC2)cs1. The van der Waals surface area contributed by atoms with Crippen LogP contribution in [0.25, 0.3) is 0 Å². The van der Waals surface area contributed by atoms with Gasteiger partial charge in [0.05, 0.1) is 0 Å². The molecule has 0 bridgehead atoms. The van der Waals surface area contributed by atoms with Crippen LogP contribution in [0.1, 0.15) is 30.3 Å². The van der Waals surface area contributed by atoms with Crippen LogP contribution in [-0.2, 0) is 4.79 Å². The minimum atomic E-state index is -0.176. The highest BCUT2D eigenvalue weighted by Crippen LogP contribution is 2.29. The summed E-state index contributed by atoms with van der Waals surface area (Å²) >= 11 is 1.27. The smallest absolute Gasteiger partial charge is 0.273 e. The molecule has 92 valence electrons. The minimum Gasteiger partial charge on any atom is -0.340 e. The maximum Gasteiger partial charge on any atom is 0.273 e. The van der Waals surface area contributed by atoms with Gasteiger partial charge in [-0.25, -0.2) is 4.98 Å². The number of amides is 2. The van der Waals surface area contributed by atoms with Gasteiger partial charge in [0.15, 0.2) is 5.13 Å². The third-order valence-electron chi connectivity index (χ3n) is 2.58. The van der Waals surface area contributed by atoms with Crippen LogP contribution >= 0.6 is 11.3 Å². The number of carbonyl (C=O) groups excluding carboxylic acids is 2. The van der Waals surface area contributed by atoms with Crippen molar-refractivity contribution < 1.29 is 9.59 Å². The molecule has 1 aromatic heterocycles. The van der Waals surface area contributed by atoms with Crippen molar-refractivity contribution in [1.82, 2.24) is 9.88 Å². The van der Waals surface area contributed by atoms with E-state index in [4.69, 9.17) is 0 Å². The van der Waals surface area contributed by atoms with Gasteiger partial charge in [-0.2, -0.15) is 0 Å². The number of rotatable bonds is 4. The Bertz CT molecular complexity index is 440. The van der Waals surface area contributed by atoms with E-state index in [0.29, 0.717) is 16.7 Å². The van der Waals surface area contributed by atoms with E-state index in [2.05, 4.69) is 10.3 Å². The first-order chi connectivity index (χ1) is 8.06. The summed E-state index contributed by atoms with van der Waals surface area (Å²) in [5.74, 6) is 0.409. The van der Waals surface area contributed by atoms with Crippen molar-refractivity contribution in [2.24, 2.45) is 5.92 Å². The van der Waals surface area contributed by atoms with Crippen LogP contribution in [0, 0.1) is 5.92 Å². The molecule has 1 aliphatic rings. The van der Waals surface area contributed by atoms with Crippen molar-refractivity contribution in [1.29, 1.82) is 0 Å². The zero-order chi connectivity index (χ0) is 12.4. The van der Waals surface area contributed by atoms with Gasteiger partial charge in [0.1, 0.15) is 5.69 Å². The molecule has 1 fully saturated rings. The topological polar surface area (TPSA) is 62.3 Å². The molecule has 6 heteroatoms. The molecule has 2 amide bonds. The summed E-state index contributed by atoms with van der Waals surface area (Å²) in [6.07, 6.45) is 2.43. The summed E-state index contributed by atoms with van der Waals surface area (Å²) in [7, 11) is 1.79. The Morgan fingerprint density at radius 2 is 2.29 bits per heavy atom. The predicted octanol–water partition coefficient (Wildman–Crippen LogP) is 1.58. The van der Waals surface area contributed by atoms with Crippen molar-refractivity contribution in [3.8, 4) is 0 Å². The first-order valence-electron chi connectivity index (χ1n) is 5.55. The van der Waals surface area contributed by atoms with Crippen LogP contribution in [0.4, 0.5) is 5.13 Å². The van der Waals surface area contributed by atoms with Gasteiger partial charge in [-0.15, -0.1) is 11.3 Å². The molecule has 0 saturated heterocycles. The van der Waals surface area contributed by atoms with E-state index in [-0.39, 0.29) is 11.8 Å². The van der Waals surface area contributed by atoms with Crippen molar-refractivity contribution in [2.45, 2.75) is 19.8 Å². The molecule has 0 aliphatic heterocycles. The second-order valence-corrected chi connectivity index (χ2v) is 5.21. The summed E-state index contributed by atoms with van der Waals surface area (Å²) < 4.78 is 0. The number of nitrogens with zero attached hydrogens (tertiary/aromatic N) is 2. The quantitative estimate of drug-likeness (QED) is 0.886. The molecule has 1 saturated carbocycles. The molecule has 1 aromatic rings. The molecular weight excluding hydrogens is 238 g/mol. The highest BCUT2D eigenvalue weighted by molar-refractivity contribution is 7.14. The number of anilines is 1. The highest BCUT2D eigenvalue weighted by Gasteiger charge is 2.26. The molecule has 1 N–H and O–H groups in total. The lowest BCUT2D eigenvalue weighted by molar-refractivity contribution is -0.114. The van der Waals surface area contributed by atoms with Crippen molar-refractivity contribution >= 4 is 28.3 Å². The van der Waals surface area contributed by atoms with Gasteiger partial charge in [-0.1, -0.05) is 0 Å². The first-order valence-corrected chi connectivity index (χ1v) is 6.43. The normalized spacial score (nSPS) is 14.5. The van der Waals surface area contributed by atoms with Gasteiger partial charge < -0.3 is 10.2 Å². The number of thiazole rings is 1. The maximum absolute atomic E-state index is 12.0. The number of aromatic nitrogens is 1. The fourth-order valence-electron chi connectivity index (χ4n) is 1.55. The molecule has 2 rings (SSSR count). The molecule has 0 spiro atoms. The van der Waals surface area contributed by atoms with Crippen LogP contribution in [-0.4, -0.2) is 35.3 Å². The number of hydrogen-bond acceptors (Lipinski definition) is 4. The van der Waals surface area contributed by atoms with Crippen LogP contribution < -0.4 is 5.32 Å². The number of hydrogen-bond donors (Lipinski definition) is 1. The van der Waals surface area contributed by atoms with Crippen molar-refractivity contribution in [2.75, 3.05) is 18.9 Å². The monoisotopic (exact) mass is 253 g/mol. The van der Waals surface area contributed by atoms with Crippen LogP contribution in [0.5, 0.6) is 0 Å². The molecule has 0 unspecified atom stereocenters. The van der Waals surface area contributed by atoms with Gasteiger partial charge in [-0.05, 0) is 18.8 Å². The summed E-state index contributed by atoms with van der Waals surface area (Å²) in [4.78, 5) is 28.6. The fraction of sp³-hybridized carbons (Fsp3) is 0.545. The average Bonchev–Trinajstić information content (AvgIpc) is 2.94. The Labute approximate surface area is 104 Å². The lowest BCUT2D eigenvalue weighted by atomic mass is 10.3. The zero-order valence-electron chi connectivity index (χ0n) is 9.90. The number of carbonyl (C=O) groups is 2. The third-order valence-corrected chi connectivity index (χ3v) is 3.34. The largest absolute Gasteiger partial charge is 0.340 e. The van der Waals surface area contributed by atoms with E-state index >= 15 is 0 Å². The average molecular weight is 253 g/mol. The summed E-state index contributed by atoms with van der Waals surface area (Å²) in [6, 6.07) is 0. The standard InChI is InChI=1S/C11H15N3O2S/c1-7(15)12-11-13-9(6-17-11)10(16)14(2)5-8-3-4-8/h6,8H,3-5H2,1-2H3,(H,12,13,15). The van der Waals surface area contributed by atoms with Crippen LogP contribution in [0.3, 0.4) is 0 Å². The van der Waals surface area contributed by atoms with Gasteiger partial charge in [0.25, 0.3) is 5.91 Å². The molecule has 1 aliphatic carbocycles. The van der Waals surface area contributed by atoms with E-state index < -0.39 is 0 Å². The number of nitrogens with one attached hydrogen (secondary N) is 1. The Morgan fingerprint density at radius 1 is 1.59 bits per heavy atom. The molecule has 0 radical (unpaired) electrons. The fourth-order valence-corrected chi connectivity index (χ4v) is 2.28. The van der Waals surface area contributed by atoms with E-state index in [9.17, 15) is 9.59 Å². The summed E-state index contributed by atoms with van der Waals surface area (Å²) in [5, 5.41) is 4.72. The Morgan fingerprint density at radius 3 is 2.88 bits per heavy atom.